The first kappa shape index (κ1) is 23.8. The Morgan fingerprint density at radius 1 is 0.708 bits per heavy atom. The van der Waals surface area contributed by atoms with Gasteiger partial charge in [0.25, 0.3) is 0 Å². The van der Waals surface area contributed by atoms with Crippen LogP contribution in [0.3, 0.4) is 0 Å². The van der Waals surface area contributed by atoms with Crippen molar-refractivity contribution in [3.63, 3.8) is 0 Å². The molecular weight excluding hydrogens is 308 g/mol. The second-order valence-electron chi connectivity index (χ2n) is 7.23. The van der Waals surface area contributed by atoms with Crippen LogP contribution in [0, 0.1) is 11.8 Å². The minimum Gasteiger partial charge on any atom is -0.389 e. The molecule has 0 aliphatic carbocycles. The highest BCUT2D eigenvalue weighted by Crippen LogP contribution is 1.99. The average Bonchev–Trinajstić information content (AvgIpc) is 2.51. The monoisotopic (exact) mass is 348 g/mol. The first-order chi connectivity index (χ1) is 11.4. The van der Waals surface area contributed by atoms with Crippen molar-refractivity contribution < 1.29 is 19.7 Å². The van der Waals surface area contributed by atoms with E-state index in [2.05, 4.69) is 38.3 Å². The SMILES string of the molecule is CC(C)CCOC[C@H](O)CNCCNC[C@@H](O)COCCC(C)C. The van der Waals surface area contributed by atoms with E-state index in [0.29, 0.717) is 51.4 Å². The minimum atomic E-state index is -0.475. The van der Waals surface area contributed by atoms with Crippen LogP contribution in [0.15, 0.2) is 0 Å². The van der Waals surface area contributed by atoms with Gasteiger partial charge in [-0.25, -0.2) is 0 Å². The van der Waals surface area contributed by atoms with Crippen LogP contribution >= 0.6 is 0 Å². The van der Waals surface area contributed by atoms with Gasteiger partial charge >= 0.3 is 0 Å². The van der Waals surface area contributed by atoms with Crippen LogP contribution in [0.5, 0.6) is 0 Å². The van der Waals surface area contributed by atoms with Crippen LogP contribution in [0.2, 0.25) is 0 Å². The van der Waals surface area contributed by atoms with Crippen LogP contribution in [0.1, 0.15) is 40.5 Å². The fourth-order valence-corrected chi connectivity index (χ4v) is 1.91. The molecule has 0 fully saturated rings. The smallest absolute Gasteiger partial charge is 0.0897 e. The van der Waals surface area contributed by atoms with Gasteiger partial charge in [0.1, 0.15) is 0 Å². The lowest BCUT2D eigenvalue weighted by Gasteiger charge is -2.15. The van der Waals surface area contributed by atoms with Crippen molar-refractivity contribution in [2.45, 2.75) is 52.7 Å². The molecule has 0 aromatic carbocycles. The van der Waals surface area contributed by atoms with Gasteiger partial charge in [0.15, 0.2) is 0 Å². The molecule has 146 valence electrons. The summed E-state index contributed by atoms with van der Waals surface area (Å²) in [6, 6.07) is 0. The molecule has 0 rings (SSSR count). The topological polar surface area (TPSA) is 83.0 Å². The second kappa shape index (κ2) is 16.2. The lowest BCUT2D eigenvalue weighted by atomic mass is 10.1. The molecule has 0 aromatic heterocycles. The maximum atomic E-state index is 9.75. The van der Waals surface area contributed by atoms with E-state index in [-0.39, 0.29) is 0 Å². The van der Waals surface area contributed by atoms with Gasteiger partial charge in [-0.05, 0) is 24.7 Å². The molecule has 0 aromatic rings. The molecule has 24 heavy (non-hydrogen) atoms. The molecule has 6 heteroatoms. The third-order valence-electron chi connectivity index (χ3n) is 3.54. The van der Waals surface area contributed by atoms with E-state index in [9.17, 15) is 10.2 Å². The molecule has 0 bridgehead atoms. The summed E-state index contributed by atoms with van der Waals surface area (Å²) < 4.78 is 10.8. The zero-order valence-corrected chi connectivity index (χ0v) is 16.1. The van der Waals surface area contributed by atoms with Gasteiger partial charge in [-0.15, -0.1) is 0 Å². The van der Waals surface area contributed by atoms with Gasteiger partial charge in [-0.1, -0.05) is 27.7 Å². The number of rotatable bonds is 17. The Balaban J connectivity index is 3.31. The van der Waals surface area contributed by atoms with Crippen molar-refractivity contribution in [1.29, 1.82) is 0 Å². The van der Waals surface area contributed by atoms with Gasteiger partial charge in [-0.3, -0.25) is 0 Å². The number of hydrogen-bond acceptors (Lipinski definition) is 6. The highest BCUT2D eigenvalue weighted by atomic mass is 16.5. The zero-order valence-electron chi connectivity index (χ0n) is 16.1. The van der Waals surface area contributed by atoms with Gasteiger partial charge in [0.05, 0.1) is 25.4 Å². The quantitative estimate of drug-likeness (QED) is 0.294. The number of aliphatic hydroxyl groups excluding tert-OH is 2. The Morgan fingerprint density at radius 2 is 1.08 bits per heavy atom. The minimum absolute atomic E-state index is 0.375. The Kier molecular flexibility index (Phi) is 16.1. The summed E-state index contributed by atoms with van der Waals surface area (Å²) in [5.74, 6) is 1.25. The molecule has 0 saturated carbocycles. The zero-order chi connectivity index (χ0) is 18.2. The van der Waals surface area contributed by atoms with Crippen molar-refractivity contribution in [3.8, 4) is 0 Å². The van der Waals surface area contributed by atoms with Gasteiger partial charge in [-0.2, -0.15) is 0 Å². The summed E-state index contributed by atoms with van der Waals surface area (Å²) in [7, 11) is 0. The van der Waals surface area contributed by atoms with Crippen LogP contribution in [-0.4, -0.2) is 75.0 Å². The molecule has 6 nitrogen and oxygen atoms in total. The molecule has 0 aliphatic heterocycles. The summed E-state index contributed by atoms with van der Waals surface area (Å²) in [5, 5.41) is 25.8. The lowest BCUT2D eigenvalue weighted by molar-refractivity contribution is 0.0315. The van der Waals surface area contributed by atoms with Crippen molar-refractivity contribution >= 4 is 0 Å². The summed E-state index contributed by atoms with van der Waals surface area (Å²) in [4.78, 5) is 0. The normalized spacial score (nSPS) is 14.5. The first-order valence-corrected chi connectivity index (χ1v) is 9.34. The fraction of sp³-hybridized carbons (Fsp3) is 1.00. The molecule has 0 aliphatic rings. The van der Waals surface area contributed by atoms with E-state index in [1.54, 1.807) is 0 Å². The largest absolute Gasteiger partial charge is 0.389 e. The number of aliphatic hydroxyl groups is 2. The van der Waals surface area contributed by atoms with E-state index in [1.165, 1.54) is 0 Å². The van der Waals surface area contributed by atoms with Crippen molar-refractivity contribution in [2.75, 3.05) is 52.6 Å². The average molecular weight is 349 g/mol. The third-order valence-corrected chi connectivity index (χ3v) is 3.54. The summed E-state index contributed by atoms with van der Waals surface area (Å²) in [6.45, 7) is 13.3. The number of nitrogens with one attached hydrogen (secondary N) is 2. The first-order valence-electron chi connectivity index (χ1n) is 9.34. The molecular formula is C18H40N2O4. The number of ether oxygens (including phenoxy) is 2. The Hall–Kier alpha value is -0.240. The Morgan fingerprint density at radius 3 is 1.42 bits per heavy atom. The summed E-state index contributed by atoms with van der Waals surface area (Å²) in [6.07, 6.45) is 1.09. The standard InChI is InChI=1S/C18H40N2O4/c1-15(2)5-9-23-13-17(21)11-19-7-8-20-12-18(22)14-24-10-6-16(3)4/h15-22H,5-14H2,1-4H3/t17-,18-/m1/s1. The van der Waals surface area contributed by atoms with E-state index < -0.39 is 12.2 Å². The van der Waals surface area contributed by atoms with Crippen LogP contribution < -0.4 is 10.6 Å². The Bertz CT molecular complexity index is 239. The predicted octanol–water partition coefficient (Wildman–Crippen LogP) is 1.01. The van der Waals surface area contributed by atoms with E-state index >= 15 is 0 Å². The predicted molar refractivity (Wildman–Crippen MR) is 98.3 cm³/mol. The number of hydrogen-bond donors (Lipinski definition) is 4. The summed E-state index contributed by atoms with van der Waals surface area (Å²) in [5.41, 5.74) is 0. The van der Waals surface area contributed by atoms with Crippen LogP contribution in [0.25, 0.3) is 0 Å². The Labute approximate surface area is 148 Å². The molecule has 0 radical (unpaired) electrons. The second-order valence-corrected chi connectivity index (χ2v) is 7.23. The van der Waals surface area contributed by atoms with Crippen molar-refractivity contribution in [3.05, 3.63) is 0 Å². The summed E-state index contributed by atoms with van der Waals surface area (Å²) >= 11 is 0. The molecule has 0 heterocycles. The van der Waals surface area contributed by atoms with Crippen molar-refractivity contribution in [2.24, 2.45) is 11.8 Å². The van der Waals surface area contributed by atoms with Crippen molar-refractivity contribution in [1.82, 2.24) is 10.6 Å². The van der Waals surface area contributed by atoms with E-state index in [1.807, 2.05) is 0 Å². The molecule has 0 unspecified atom stereocenters. The third kappa shape index (κ3) is 18.1. The van der Waals surface area contributed by atoms with Crippen LogP contribution in [0.4, 0.5) is 0 Å². The van der Waals surface area contributed by atoms with Gasteiger partial charge in [0.2, 0.25) is 0 Å². The lowest BCUT2D eigenvalue weighted by Crippen LogP contribution is -2.37. The molecule has 0 saturated heterocycles. The van der Waals surface area contributed by atoms with E-state index in [4.69, 9.17) is 9.47 Å². The highest BCUT2D eigenvalue weighted by molar-refractivity contribution is 4.62. The maximum Gasteiger partial charge on any atom is 0.0897 e. The van der Waals surface area contributed by atoms with Gasteiger partial charge < -0.3 is 30.3 Å². The molecule has 4 N–H and O–H groups in total. The molecule has 2 atom stereocenters. The highest BCUT2D eigenvalue weighted by Gasteiger charge is 2.05. The molecule has 0 spiro atoms. The van der Waals surface area contributed by atoms with Crippen LogP contribution in [-0.2, 0) is 9.47 Å². The maximum absolute atomic E-state index is 9.75. The van der Waals surface area contributed by atoms with E-state index in [0.717, 1.165) is 25.9 Å². The fourth-order valence-electron chi connectivity index (χ4n) is 1.91. The molecule has 0 amide bonds. The van der Waals surface area contributed by atoms with Gasteiger partial charge in [0, 0.05) is 39.4 Å².